The Labute approximate surface area is 166 Å². The molecule has 0 unspecified atom stereocenters. The highest BCUT2D eigenvalue weighted by Crippen LogP contribution is 2.22. The van der Waals surface area contributed by atoms with Gasteiger partial charge >= 0.3 is 0 Å². The van der Waals surface area contributed by atoms with Gasteiger partial charge in [-0.1, -0.05) is 30.3 Å². The number of likely N-dealkylation sites (tertiary alicyclic amines) is 1. The van der Waals surface area contributed by atoms with Crippen LogP contribution in [-0.2, 0) is 17.9 Å². The lowest BCUT2D eigenvalue weighted by Crippen LogP contribution is -2.26. The van der Waals surface area contributed by atoms with Gasteiger partial charge in [-0.2, -0.15) is 0 Å². The Bertz CT molecular complexity index is 858. The first-order chi connectivity index (χ1) is 13.7. The highest BCUT2D eigenvalue weighted by molar-refractivity contribution is 5.99. The molecule has 4 rings (SSSR count). The predicted octanol–water partition coefficient (Wildman–Crippen LogP) is 3.34. The van der Waals surface area contributed by atoms with Crippen LogP contribution in [0, 0.1) is 0 Å². The summed E-state index contributed by atoms with van der Waals surface area (Å²) in [5.41, 5.74) is 3.80. The fourth-order valence-electron chi connectivity index (χ4n) is 4.06. The Morgan fingerprint density at radius 3 is 2.50 bits per heavy atom. The van der Waals surface area contributed by atoms with Crippen molar-refractivity contribution in [2.75, 3.05) is 24.5 Å². The molecular formula is C23H27N3O2. The maximum atomic E-state index is 12.6. The molecule has 2 aliphatic rings. The highest BCUT2D eigenvalue weighted by atomic mass is 16.2. The van der Waals surface area contributed by atoms with Crippen LogP contribution in [0.3, 0.4) is 0 Å². The maximum Gasteiger partial charge on any atom is 0.251 e. The van der Waals surface area contributed by atoms with Crippen LogP contribution >= 0.6 is 0 Å². The zero-order chi connectivity index (χ0) is 19.3. The Morgan fingerprint density at radius 1 is 0.929 bits per heavy atom. The summed E-state index contributed by atoms with van der Waals surface area (Å²) in [6.07, 6.45) is 4.04. The van der Waals surface area contributed by atoms with Gasteiger partial charge in [0.15, 0.2) is 0 Å². The Hall–Kier alpha value is -2.66. The van der Waals surface area contributed by atoms with E-state index in [9.17, 15) is 9.59 Å². The molecule has 0 spiro atoms. The van der Waals surface area contributed by atoms with Gasteiger partial charge in [0.25, 0.3) is 5.91 Å². The van der Waals surface area contributed by atoms with Crippen LogP contribution in [0.2, 0.25) is 0 Å². The molecule has 2 aromatic rings. The minimum absolute atomic E-state index is 0.113. The number of anilines is 1. The van der Waals surface area contributed by atoms with Crippen LogP contribution in [-0.4, -0.2) is 36.3 Å². The first kappa shape index (κ1) is 18.7. The average Bonchev–Trinajstić information content (AvgIpc) is 3.38. The summed E-state index contributed by atoms with van der Waals surface area (Å²) in [6.45, 7) is 4.56. The number of benzene rings is 2. The summed E-state index contributed by atoms with van der Waals surface area (Å²) in [4.78, 5) is 28.8. The normalized spacial score (nSPS) is 17.3. The summed E-state index contributed by atoms with van der Waals surface area (Å²) >= 11 is 0. The zero-order valence-electron chi connectivity index (χ0n) is 16.2. The lowest BCUT2D eigenvalue weighted by atomic mass is 10.1. The molecule has 2 aromatic carbocycles. The second kappa shape index (κ2) is 8.57. The standard InChI is InChI=1S/C23H27N3O2/c27-22-10-5-13-26(22)21-9-4-8-20(15-21)23(28)24-16-18-6-3-7-19(14-18)17-25-11-1-2-12-25/h3-4,6-9,14-15H,1-2,5,10-13,16-17H2,(H,24,28). The van der Waals surface area contributed by atoms with Crippen LogP contribution in [0.1, 0.15) is 47.2 Å². The number of nitrogens with zero attached hydrogens (tertiary/aromatic N) is 2. The average molecular weight is 377 g/mol. The van der Waals surface area contributed by atoms with Crippen molar-refractivity contribution in [3.8, 4) is 0 Å². The zero-order valence-corrected chi connectivity index (χ0v) is 16.2. The van der Waals surface area contributed by atoms with E-state index in [1.807, 2.05) is 24.3 Å². The smallest absolute Gasteiger partial charge is 0.251 e. The molecule has 2 fully saturated rings. The van der Waals surface area contributed by atoms with Gasteiger partial charge < -0.3 is 10.2 Å². The third-order valence-electron chi connectivity index (χ3n) is 5.54. The summed E-state index contributed by atoms with van der Waals surface area (Å²) < 4.78 is 0. The van der Waals surface area contributed by atoms with Crippen molar-refractivity contribution in [3.05, 3.63) is 65.2 Å². The van der Waals surface area contributed by atoms with Gasteiger partial charge in [0.1, 0.15) is 0 Å². The number of hydrogen-bond acceptors (Lipinski definition) is 3. The van der Waals surface area contributed by atoms with E-state index in [1.165, 1.54) is 31.5 Å². The number of hydrogen-bond donors (Lipinski definition) is 1. The minimum atomic E-state index is -0.113. The van der Waals surface area contributed by atoms with Gasteiger partial charge in [-0.3, -0.25) is 14.5 Å². The van der Waals surface area contributed by atoms with E-state index in [-0.39, 0.29) is 11.8 Å². The lowest BCUT2D eigenvalue weighted by molar-refractivity contribution is -0.117. The second-order valence-corrected chi connectivity index (χ2v) is 7.69. The monoisotopic (exact) mass is 377 g/mol. The Morgan fingerprint density at radius 2 is 1.71 bits per heavy atom. The molecular weight excluding hydrogens is 350 g/mol. The Kier molecular flexibility index (Phi) is 5.72. The number of amides is 2. The molecule has 0 aromatic heterocycles. The molecule has 0 bridgehead atoms. The summed E-state index contributed by atoms with van der Waals surface area (Å²) in [7, 11) is 0. The molecule has 0 saturated carbocycles. The van der Waals surface area contributed by atoms with Crippen molar-refractivity contribution in [2.45, 2.75) is 38.8 Å². The molecule has 5 heteroatoms. The number of carbonyl (C=O) groups is 2. The number of rotatable bonds is 6. The minimum Gasteiger partial charge on any atom is -0.348 e. The van der Waals surface area contributed by atoms with E-state index in [0.29, 0.717) is 18.5 Å². The highest BCUT2D eigenvalue weighted by Gasteiger charge is 2.22. The van der Waals surface area contributed by atoms with Crippen LogP contribution in [0.15, 0.2) is 48.5 Å². The van der Waals surface area contributed by atoms with E-state index in [0.717, 1.165) is 30.8 Å². The third kappa shape index (κ3) is 4.42. The molecule has 146 valence electrons. The fourth-order valence-corrected chi connectivity index (χ4v) is 4.06. The second-order valence-electron chi connectivity index (χ2n) is 7.69. The van der Waals surface area contributed by atoms with E-state index in [1.54, 1.807) is 11.0 Å². The third-order valence-corrected chi connectivity index (χ3v) is 5.54. The number of carbonyl (C=O) groups excluding carboxylic acids is 2. The fraction of sp³-hybridized carbons (Fsp3) is 0.391. The topological polar surface area (TPSA) is 52.7 Å². The first-order valence-corrected chi connectivity index (χ1v) is 10.2. The molecule has 2 aliphatic heterocycles. The molecule has 0 atom stereocenters. The van der Waals surface area contributed by atoms with Crippen molar-refractivity contribution < 1.29 is 9.59 Å². The van der Waals surface area contributed by atoms with Crippen molar-refractivity contribution >= 4 is 17.5 Å². The Balaban J connectivity index is 1.37. The van der Waals surface area contributed by atoms with Crippen LogP contribution in [0.5, 0.6) is 0 Å². The molecule has 2 saturated heterocycles. The molecule has 2 amide bonds. The SMILES string of the molecule is O=C(NCc1cccc(CN2CCCC2)c1)c1cccc(N2CCCC2=O)c1. The van der Waals surface area contributed by atoms with Gasteiger partial charge in [-0.25, -0.2) is 0 Å². The van der Waals surface area contributed by atoms with E-state index >= 15 is 0 Å². The number of nitrogens with one attached hydrogen (secondary N) is 1. The maximum absolute atomic E-state index is 12.6. The van der Waals surface area contributed by atoms with Gasteiger partial charge in [-0.15, -0.1) is 0 Å². The van der Waals surface area contributed by atoms with Gasteiger partial charge in [-0.05, 0) is 61.7 Å². The largest absolute Gasteiger partial charge is 0.348 e. The molecule has 0 radical (unpaired) electrons. The van der Waals surface area contributed by atoms with Gasteiger partial charge in [0.05, 0.1) is 0 Å². The predicted molar refractivity (Wildman–Crippen MR) is 110 cm³/mol. The van der Waals surface area contributed by atoms with Crippen molar-refractivity contribution in [3.63, 3.8) is 0 Å². The molecule has 28 heavy (non-hydrogen) atoms. The molecule has 0 aliphatic carbocycles. The molecule has 5 nitrogen and oxygen atoms in total. The van der Waals surface area contributed by atoms with Crippen LogP contribution in [0.4, 0.5) is 5.69 Å². The van der Waals surface area contributed by atoms with Crippen LogP contribution < -0.4 is 10.2 Å². The quantitative estimate of drug-likeness (QED) is 0.840. The molecule has 2 heterocycles. The summed E-state index contributed by atoms with van der Waals surface area (Å²) in [5, 5.41) is 3.01. The van der Waals surface area contributed by atoms with E-state index < -0.39 is 0 Å². The molecule has 1 N–H and O–H groups in total. The van der Waals surface area contributed by atoms with Crippen molar-refractivity contribution in [1.29, 1.82) is 0 Å². The van der Waals surface area contributed by atoms with Crippen LogP contribution in [0.25, 0.3) is 0 Å². The van der Waals surface area contributed by atoms with E-state index in [4.69, 9.17) is 0 Å². The summed E-state index contributed by atoms with van der Waals surface area (Å²) in [6, 6.07) is 15.8. The van der Waals surface area contributed by atoms with Crippen molar-refractivity contribution in [2.24, 2.45) is 0 Å². The summed E-state index contributed by atoms with van der Waals surface area (Å²) in [5.74, 6) is 0.0193. The van der Waals surface area contributed by atoms with Gasteiger partial charge in [0, 0.05) is 37.3 Å². The van der Waals surface area contributed by atoms with E-state index in [2.05, 4.69) is 28.4 Å². The van der Waals surface area contributed by atoms with Gasteiger partial charge in [0.2, 0.25) is 5.91 Å². The van der Waals surface area contributed by atoms with Crippen molar-refractivity contribution in [1.82, 2.24) is 10.2 Å². The lowest BCUT2D eigenvalue weighted by Gasteiger charge is -2.17. The first-order valence-electron chi connectivity index (χ1n) is 10.2.